The predicted molar refractivity (Wildman–Crippen MR) is 88.5 cm³/mol. The van der Waals surface area contributed by atoms with Crippen LogP contribution in [0.2, 0.25) is 0 Å². The molecule has 1 N–H and O–H groups in total. The van der Waals surface area contributed by atoms with Crippen LogP contribution in [0.15, 0.2) is 24.3 Å². The van der Waals surface area contributed by atoms with Gasteiger partial charge in [-0.1, -0.05) is 32.9 Å². The summed E-state index contributed by atoms with van der Waals surface area (Å²) in [5, 5.41) is 3.68. The van der Waals surface area contributed by atoms with E-state index >= 15 is 0 Å². The van der Waals surface area contributed by atoms with Crippen LogP contribution in [0.1, 0.15) is 38.8 Å². The van der Waals surface area contributed by atoms with Crippen molar-refractivity contribution in [2.75, 3.05) is 32.8 Å². The molecule has 0 bridgehead atoms. The molecule has 1 fully saturated rings. The number of hydrogen-bond donors (Lipinski definition) is 1. The first kappa shape index (κ1) is 17.4. The summed E-state index contributed by atoms with van der Waals surface area (Å²) in [6.45, 7) is 10.9. The van der Waals surface area contributed by atoms with E-state index < -0.39 is 0 Å². The lowest BCUT2D eigenvalue weighted by molar-refractivity contribution is 0.0152. The van der Waals surface area contributed by atoms with Gasteiger partial charge in [0.25, 0.3) is 0 Å². The lowest BCUT2D eigenvalue weighted by Gasteiger charge is -2.36. The Kier molecular flexibility index (Phi) is 6.80. The van der Waals surface area contributed by atoms with E-state index in [-0.39, 0.29) is 11.9 Å². The zero-order valence-corrected chi connectivity index (χ0v) is 14.0. The van der Waals surface area contributed by atoms with Gasteiger partial charge in [0.1, 0.15) is 5.82 Å². The van der Waals surface area contributed by atoms with E-state index in [0.717, 1.165) is 44.8 Å². The van der Waals surface area contributed by atoms with Crippen LogP contribution < -0.4 is 5.32 Å². The van der Waals surface area contributed by atoms with Crippen molar-refractivity contribution in [1.82, 2.24) is 10.2 Å². The van der Waals surface area contributed by atoms with Gasteiger partial charge in [-0.3, -0.25) is 4.90 Å². The normalized spacial score (nSPS) is 19.3. The topological polar surface area (TPSA) is 24.5 Å². The first-order chi connectivity index (χ1) is 10.6. The highest BCUT2D eigenvalue weighted by Gasteiger charge is 2.24. The van der Waals surface area contributed by atoms with Gasteiger partial charge in [0.2, 0.25) is 0 Å². The molecule has 3 nitrogen and oxygen atoms in total. The summed E-state index contributed by atoms with van der Waals surface area (Å²) in [5.74, 6) is 0.439. The molecule has 0 aromatic heterocycles. The molecule has 0 aliphatic carbocycles. The van der Waals surface area contributed by atoms with E-state index in [2.05, 4.69) is 31.0 Å². The molecule has 4 heteroatoms. The van der Waals surface area contributed by atoms with Gasteiger partial charge in [-0.15, -0.1) is 0 Å². The van der Waals surface area contributed by atoms with Crippen LogP contribution in [0.5, 0.6) is 0 Å². The number of hydrogen-bond acceptors (Lipinski definition) is 3. The van der Waals surface area contributed by atoms with Crippen LogP contribution in [0.4, 0.5) is 4.39 Å². The molecule has 22 heavy (non-hydrogen) atoms. The molecule has 0 radical (unpaired) electrons. The van der Waals surface area contributed by atoms with Crippen LogP contribution in [-0.2, 0) is 4.74 Å². The summed E-state index contributed by atoms with van der Waals surface area (Å²) in [7, 11) is 0. The summed E-state index contributed by atoms with van der Waals surface area (Å²) >= 11 is 0. The molecule has 2 rings (SSSR count). The minimum Gasteiger partial charge on any atom is -0.379 e. The van der Waals surface area contributed by atoms with Crippen molar-refractivity contribution in [3.05, 3.63) is 35.6 Å². The number of benzene rings is 1. The fourth-order valence-electron chi connectivity index (χ4n) is 3.18. The largest absolute Gasteiger partial charge is 0.379 e. The van der Waals surface area contributed by atoms with Crippen molar-refractivity contribution >= 4 is 0 Å². The first-order valence-electron chi connectivity index (χ1n) is 8.42. The Morgan fingerprint density at radius 3 is 2.59 bits per heavy atom. The highest BCUT2D eigenvalue weighted by molar-refractivity contribution is 5.21. The maximum absolute atomic E-state index is 13.6. The molecular weight excluding hydrogens is 279 g/mol. The molecule has 1 aromatic rings. The second-order valence-corrected chi connectivity index (χ2v) is 6.39. The maximum atomic E-state index is 13.6. The van der Waals surface area contributed by atoms with E-state index in [9.17, 15) is 4.39 Å². The highest BCUT2D eigenvalue weighted by Crippen LogP contribution is 2.22. The minimum absolute atomic E-state index is 0.160. The second-order valence-electron chi connectivity index (χ2n) is 6.39. The molecule has 1 aliphatic rings. The smallest absolute Gasteiger partial charge is 0.123 e. The Morgan fingerprint density at radius 2 is 2.00 bits per heavy atom. The number of nitrogens with zero attached hydrogens (tertiary/aromatic N) is 1. The second kappa shape index (κ2) is 8.61. The van der Waals surface area contributed by atoms with Gasteiger partial charge in [-0.2, -0.15) is 0 Å². The van der Waals surface area contributed by atoms with Gasteiger partial charge in [-0.05, 0) is 30.0 Å². The fraction of sp³-hybridized carbons (Fsp3) is 0.667. The summed E-state index contributed by atoms with van der Waals surface area (Å²) < 4.78 is 19.1. The SMILES string of the molecule is CC[C@@H](NC[C@H](c1cccc(F)c1)N1CCOCC1)C(C)C. The van der Waals surface area contributed by atoms with Gasteiger partial charge in [0.05, 0.1) is 13.2 Å². The van der Waals surface area contributed by atoms with E-state index in [0.29, 0.717) is 12.0 Å². The van der Waals surface area contributed by atoms with Crippen molar-refractivity contribution in [2.45, 2.75) is 39.3 Å². The molecule has 0 amide bonds. The average Bonchev–Trinajstić information content (AvgIpc) is 2.52. The molecular formula is C18H29FN2O. The van der Waals surface area contributed by atoms with Gasteiger partial charge < -0.3 is 10.1 Å². The van der Waals surface area contributed by atoms with E-state index in [1.807, 2.05) is 6.07 Å². The summed E-state index contributed by atoms with van der Waals surface area (Å²) in [6, 6.07) is 7.71. The van der Waals surface area contributed by atoms with Crippen LogP contribution in [-0.4, -0.2) is 43.8 Å². The molecule has 124 valence electrons. The van der Waals surface area contributed by atoms with Gasteiger partial charge >= 0.3 is 0 Å². The van der Waals surface area contributed by atoms with E-state index in [1.165, 1.54) is 6.07 Å². The lowest BCUT2D eigenvalue weighted by atomic mass is 9.99. The third-order valence-corrected chi connectivity index (χ3v) is 4.54. The van der Waals surface area contributed by atoms with Crippen molar-refractivity contribution in [1.29, 1.82) is 0 Å². The Labute approximate surface area is 133 Å². The Bertz CT molecular complexity index is 446. The Morgan fingerprint density at radius 1 is 1.27 bits per heavy atom. The summed E-state index contributed by atoms with van der Waals surface area (Å²) in [5.41, 5.74) is 1.05. The molecule has 0 unspecified atom stereocenters. The quantitative estimate of drug-likeness (QED) is 0.837. The maximum Gasteiger partial charge on any atom is 0.123 e. The predicted octanol–water partition coefficient (Wildman–Crippen LogP) is 3.22. The molecule has 1 aliphatic heterocycles. The minimum atomic E-state index is -0.160. The third-order valence-electron chi connectivity index (χ3n) is 4.54. The first-order valence-corrected chi connectivity index (χ1v) is 8.42. The third kappa shape index (κ3) is 4.77. The highest BCUT2D eigenvalue weighted by atomic mass is 19.1. The number of morpholine rings is 1. The van der Waals surface area contributed by atoms with E-state index in [4.69, 9.17) is 4.74 Å². The van der Waals surface area contributed by atoms with Crippen molar-refractivity contribution in [2.24, 2.45) is 5.92 Å². The molecule has 1 aromatic carbocycles. The van der Waals surface area contributed by atoms with Crippen LogP contribution in [0.3, 0.4) is 0 Å². The molecule has 1 saturated heterocycles. The summed E-state index contributed by atoms with van der Waals surface area (Å²) in [4.78, 5) is 2.40. The number of halogens is 1. The van der Waals surface area contributed by atoms with Gasteiger partial charge in [-0.25, -0.2) is 4.39 Å². The fourth-order valence-corrected chi connectivity index (χ4v) is 3.18. The van der Waals surface area contributed by atoms with Crippen molar-refractivity contribution < 1.29 is 9.13 Å². The zero-order chi connectivity index (χ0) is 15.9. The van der Waals surface area contributed by atoms with Gasteiger partial charge in [0, 0.05) is 31.7 Å². The summed E-state index contributed by atoms with van der Waals surface area (Å²) in [6.07, 6.45) is 1.11. The van der Waals surface area contributed by atoms with E-state index in [1.54, 1.807) is 12.1 Å². The van der Waals surface area contributed by atoms with Crippen molar-refractivity contribution in [3.63, 3.8) is 0 Å². The Balaban J connectivity index is 2.10. The molecule has 0 saturated carbocycles. The van der Waals surface area contributed by atoms with Gasteiger partial charge in [0.15, 0.2) is 0 Å². The standard InChI is InChI=1S/C18H29FN2O/c1-4-17(14(2)3)20-13-18(21-8-10-22-11-9-21)15-6-5-7-16(19)12-15/h5-7,12,14,17-18,20H,4,8-11,13H2,1-3H3/t17-,18-/m1/s1. The lowest BCUT2D eigenvalue weighted by Crippen LogP contribution is -2.45. The molecule has 2 atom stereocenters. The number of rotatable bonds is 7. The van der Waals surface area contributed by atoms with Crippen LogP contribution in [0, 0.1) is 11.7 Å². The number of nitrogens with one attached hydrogen (secondary N) is 1. The van der Waals surface area contributed by atoms with Crippen LogP contribution >= 0.6 is 0 Å². The van der Waals surface area contributed by atoms with Crippen LogP contribution in [0.25, 0.3) is 0 Å². The number of ether oxygens (including phenoxy) is 1. The zero-order valence-electron chi connectivity index (χ0n) is 14.0. The average molecular weight is 308 g/mol. The van der Waals surface area contributed by atoms with Crippen molar-refractivity contribution in [3.8, 4) is 0 Å². The molecule has 1 heterocycles. The Hall–Kier alpha value is -0.970. The monoisotopic (exact) mass is 308 g/mol. The molecule has 0 spiro atoms.